The summed E-state index contributed by atoms with van der Waals surface area (Å²) in [4.78, 5) is 30.8. The molecule has 0 unspecified atom stereocenters. The van der Waals surface area contributed by atoms with Crippen molar-refractivity contribution in [1.29, 1.82) is 0 Å². The SMILES string of the molecule is CCOC(=O)c1[nH]c2c3c(c(F)c(N4CCNCC4)c2c1O)N(C1CC1)C=C(C(=O)O)C3. The number of piperazine rings is 1. The second-order valence-electron chi connectivity index (χ2n) is 8.32. The number of benzene rings is 1. The number of carbonyl (C=O) groups is 2. The molecule has 2 fully saturated rings. The average Bonchev–Trinajstić information content (AvgIpc) is 3.57. The first kappa shape index (κ1) is 20.6. The zero-order valence-electron chi connectivity index (χ0n) is 17.7. The quantitative estimate of drug-likeness (QED) is 0.518. The topological polar surface area (TPSA) is 118 Å². The van der Waals surface area contributed by atoms with E-state index in [4.69, 9.17) is 4.74 Å². The molecule has 2 aliphatic heterocycles. The van der Waals surface area contributed by atoms with Gasteiger partial charge in [0.2, 0.25) is 0 Å². The van der Waals surface area contributed by atoms with E-state index >= 15 is 4.39 Å². The number of H-pyrrole nitrogens is 1. The molecule has 170 valence electrons. The molecule has 1 aromatic heterocycles. The maximum Gasteiger partial charge on any atom is 0.358 e. The zero-order chi connectivity index (χ0) is 22.6. The summed E-state index contributed by atoms with van der Waals surface area (Å²) in [5.41, 5.74) is 1.31. The van der Waals surface area contributed by atoms with Gasteiger partial charge in [-0.1, -0.05) is 0 Å². The van der Waals surface area contributed by atoms with Crippen molar-refractivity contribution >= 4 is 34.2 Å². The van der Waals surface area contributed by atoms with Crippen LogP contribution in [0.2, 0.25) is 0 Å². The molecule has 2 aromatic rings. The van der Waals surface area contributed by atoms with E-state index in [9.17, 15) is 19.8 Å². The Kier molecular flexibility index (Phi) is 4.96. The number of rotatable bonds is 5. The lowest BCUT2D eigenvalue weighted by Crippen LogP contribution is -2.44. The fourth-order valence-electron chi connectivity index (χ4n) is 4.64. The number of ether oxygens (including phenoxy) is 1. The second-order valence-corrected chi connectivity index (χ2v) is 8.32. The Balaban J connectivity index is 1.80. The normalized spacial score (nSPS) is 18.5. The van der Waals surface area contributed by atoms with Crippen LogP contribution in [0.15, 0.2) is 11.8 Å². The molecule has 1 saturated carbocycles. The molecule has 32 heavy (non-hydrogen) atoms. The van der Waals surface area contributed by atoms with Gasteiger partial charge in [-0.3, -0.25) is 0 Å². The highest BCUT2D eigenvalue weighted by atomic mass is 19.1. The first-order valence-electron chi connectivity index (χ1n) is 10.9. The summed E-state index contributed by atoms with van der Waals surface area (Å²) in [5, 5.41) is 24.1. The molecular weight excluding hydrogens is 419 g/mol. The third kappa shape index (κ3) is 3.17. The van der Waals surface area contributed by atoms with Gasteiger partial charge in [0.15, 0.2) is 17.3 Å². The van der Waals surface area contributed by atoms with E-state index in [2.05, 4.69) is 10.3 Å². The summed E-state index contributed by atoms with van der Waals surface area (Å²) in [6.07, 6.45) is 3.18. The average molecular weight is 444 g/mol. The van der Waals surface area contributed by atoms with Gasteiger partial charge in [0, 0.05) is 50.4 Å². The van der Waals surface area contributed by atoms with Crippen molar-refractivity contribution < 1.29 is 28.9 Å². The van der Waals surface area contributed by atoms with Crippen molar-refractivity contribution in [2.24, 2.45) is 0 Å². The Morgan fingerprint density at radius 3 is 2.59 bits per heavy atom. The summed E-state index contributed by atoms with van der Waals surface area (Å²) >= 11 is 0. The highest BCUT2D eigenvalue weighted by Gasteiger charge is 2.39. The Morgan fingerprint density at radius 2 is 1.97 bits per heavy atom. The van der Waals surface area contributed by atoms with Crippen LogP contribution in [0.4, 0.5) is 15.8 Å². The van der Waals surface area contributed by atoms with Crippen molar-refractivity contribution in [2.75, 3.05) is 42.6 Å². The van der Waals surface area contributed by atoms with Crippen molar-refractivity contribution in [1.82, 2.24) is 10.3 Å². The van der Waals surface area contributed by atoms with Crippen LogP contribution in [-0.2, 0) is 16.0 Å². The van der Waals surface area contributed by atoms with Crippen molar-refractivity contribution in [3.05, 3.63) is 28.8 Å². The molecule has 1 aromatic carbocycles. The minimum atomic E-state index is -1.08. The van der Waals surface area contributed by atoms with Gasteiger partial charge in [0.25, 0.3) is 0 Å². The number of fused-ring (bicyclic) bond motifs is 3. The number of anilines is 2. The summed E-state index contributed by atoms with van der Waals surface area (Å²) < 4.78 is 21.3. The van der Waals surface area contributed by atoms with Crippen molar-refractivity contribution in [2.45, 2.75) is 32.2 Å². The highest BCUT2D eigenvalue weighted by Crippen LogP contribution is 2.49. The van der Waals surface area contributed by atoms with E-state index in [1.54, 1.807) is 11.8 Å². The number of aromatic amines is 1. The van der Waals surface area contributed by atoms with Crippen LogP contribution >= 0.6 is 0 Å². The lowest BCUT2D eigenvalue weighted by atomic mass is 9.94. The number of carboxylic acids is 1. The maximum absolute atomic E-state index is 16.3. The summed E-state index contributed by atoms with van der Waals surface area (Å²) in [5.74, 6) is -2.71. The molecule has 0 spiro atoms. The van der Waals surface area contributed by atoms with Gasteiger partial charge < -0.3 is 35.1 Å². The number of esters is 1. The molecule has 9 nitrogen and oxygen atoms in total. The number of aromatic nitrogens is 1. The Labute approximate surface area is 183 Å². The molecule has 3 heterocycles. The summed E-state index contributed by atoms with van der Waals surface area (Å²) in [6, 6.07) is 0.0271. The Hall–Kier alpha value is -3.27. The van der Waals surface area contributed by atoms with Crippen LogP contribution in [0.3, 0.4) is 0 Å². The molecular formula is C22H25FN4O5. The fraction of sp³-hybridized carbons (Fsp3) is 0.455. The van der Waals surface area contributed by atoms with Crippen LogP contribution in [0, 0.1) is 5.82 Å². The Morgan fingerprint density at radius 1 is 1.25 bits per heavy atom. The molecule has 0 bridgehead atoms. The van der Waals surface area contributed by atoms with E-state index in [0.717, 1.165) is 12.8 Å². The molecule has 5 rings (SSSR count). The minimum Gasteiger partial charge on any atom is -0.505 e. The van der Waals surface area contributed by atoms with Gasteiger partial charge in [0.05, 0.1) is 34.5 Å². The second kappa shape index (κ2) is 7.70. The van der Waals surface area contributed by atoms with Crippen LogP contribution < -0.4 is 15.1 Å². The molecule has 10 heteroatoms. The van der Waals surface area contributed by atoms with E-state index < -0.39 is 17.8 Å². The standard InChI is InChI=1S/C22H25FN4O5/c1-2-32-22(31)17-20(28)14-16(25-17)13-9-11(21(29)30)10-27(12-3-4-12)18(13)15(23)19(14)26-7-5-24-6-8-26/h10,12,24-25,28H,2-9H2,1H3,(H,29,30). The maximum atomic E-state index is 16.3. The van der Waals surface area contributed by atoms with E-state index in [1.165, 1.54) is 6.20 Å². The number of halogens is 1. The largest absolute Gasteiger partial charge is 0.505 e. The van der Waals surface area contributed by atoms with Crippen molar-refractivity contribution in [3.8, 4) is 5.75 Å². The van der Waals surface area contributed by atoms with Crippen molar-refractivity contribution in [3.63, 3.8) is 0 Å². The molecule has 1 saturated heterocycles. The Bertz CT molecular complexity index is 1150. The van der Waals surface area contributed by atoms with Gasteiger partial charge >= 0.3 is 11.9 Å². The van der Waals surface area contributed by atoms with Gasteiger partial charge in [-0.15, -0.1) is 0 Å². The number of carbonyl (C=O) groups excluding carboxylic acids is 1. The molecule has 3 aliphatic rings. The first-order chi connectivity index (χ1) is 15.4. The third-order valence-corrected chi connectivity index (χ3v) is 6.26. The highest BCUT2D eigenvalue weighted by molar-refractivity contribution is 6.10. The molecule has 0 amide bonds. The van der Waals surface area contributed by atoms with Crippen LogP contribution in [-0.4, -0.2) is 66.0 Å². The van der Waals surface area contributed by atoms with Crippen LogP contribution in [0.5, 0.6) is 5.75 Å². The monoisotopic (exact) mass is 444 g/mol. The summed E-state index contributed by atoms with van der Waals surface area (Å²) in [7, 11) is 0. The number of aliphatic carboxylic acids is 1. The third-order valence-electron chi connectivity index (χ3n) is 6.26. The smallest absolute Gasteiger partial charge is 0.358 e. The number of carboxylic acid groups (broad SMARTS) is 1. The molecule has 1 aliphatic carbocycles. The van der Waals surface area contributed by atoms with Crippen LogP contribution in [0.1, 0.15) is 35.8 Å². The van der Waals surface area contributed by atoms with Gasteiger partial charge in [-0.25, -0.2) is 14.0 Å². The van der Waals surface area contributed by atoms with Gasteiger partial charge in [0.1, 0.15) is 0 Å². The van der Waals surface area contributed by atoms with Gasteiger partial charge in [-0.05, 0) is 19.8 Å². The predicted octanol–water partition coefficient (Wildman–Crippen LogP) is 2.09. The number of hydrogen-bond acceptors (Lipinski definition) is 7. The predicted molar refractivity (Wildman–Crippen MR) is 116 cm³/mol. The van der Waals surface area contributed by atoms with Gasteiger partial charge in [-0.2, -0.15) is 0 Å². The number of hydrogen-bond donors (Lipinski definition) is 4. The van der Waals surface area contributed by atoms with E-state index in [0.29, 0.717) is 42.9 Å². The zero-order valence-corrected chi connectivity index (χ0v) is 17.7. The fourth-order valence-corrected chi connectivity index (χ4v) is 4.64. The molecule has 4 N–H and O–H groups in total. The van der Waals surface area contributed by atoms with Crippen LogP contribution in [0.25, 0.3) is 10.9 Å². The number of nitrogens with one attached hydrogen (secondary N) is 2. The number of nitrogens with zero attached hydrogens (tertiary/aromatic N) is 2. The van der Waals surface area contributed by atoms with E-state index in [-0.39, 0.29) is 47.2 Å². The summed E-state index contributed by atoms with van der Waals surface area (Å²) in [6.45, 7) is 4.15. The molecule has 0 atom stereocenters. The first-order valence-corrected chi connectivity index (χ1v) is 10.9. The lowest BCUT2D eigenvalue weighted by molar-refractivity contribution is -0.132. The number of aromatic hydroxyl groups is 1. The lowest BCUT2D eigenvalue weighted by Gasteiger charge is -2.35. The molecule has 0 radical (unpaired) electrons. The van der Waals surface area contributed by atoms with E-state index in [1.807, 2.05) is 4.90 Å². The minimum absolute atomic E-state index is 0.0225.